The second-order valence-electron chi connectivity index (χ2n) is 6.82. The molecule has 1 aromatic heterocycles. The summed E-state index contributed by atoms with van der Waals surface area (Å²) in [5.41, 5.74) is 1.24. The topological polar surface area (TPSA) is 86.0 Å². The standard InChI is InChI=1S/C19H24N4O4/c1-12(24)23-9-8-22(11-16(23)19(26)21(2)3)18(25)15-10-13-14(20-15)6-5-7-17(13)27-4/h5-7,10,16,20H,8-9,11H2,1-4H3/t16-/m1/s1. The lowest BCUT2D eigenvalue weighted by Crippen LogP contribution is -2.61. The molecule has 3 amide bonds. The van der Waals surface area contributed by atoms with Crippen LogP contribution in [0.15, 0.2) is 24.3 Å². The number of H-pyrrole nitrogens is 1. The van der Waals surface area contributed by atoms with E-state index >= 15 is 0 Å². The molecule has 8 nitrogen and oxygen atoms in total. The third kappa shape index (κ3) is 3.47. The van der Waals surface area contributed by atoms with Gasteiger partial charge in [-0.05, 0) is 18.2 Å². The van der Waals surface area contributed by atoms with Crippen molar-refractivity contribution in [3.8, 4) is 5.75 Å². The second-order valence-corrected chi connectivity index (χ2v) is 6.82. The Morgan fingerprint density at radius 1 is 1.22 bits per heavy atom. The van der Waals surface area contributed by atoms with Gasteiger partial charge in [-0.15, -0.1) is 0 Å². The molecule has 0 saturated carbocycles. The maximum atomic E-state index is 13.0. The molecule has 8 heteroatoms. The minimum Gasteiger partial charge on any atom is -0.496 e. The predicted octanol–water partition coefficient (Wildman–Crippen LogP) is 0.938. The number of hydrogen-bond donors (Lipinski definition) is 1. The van der Waals surface area contributed by atoms with E-state index in [-0.39, 0.29) is 24.3 Å². The van der Waals surface area contributed by atoms with Gasteiger partial charge in [0.25, 0.3) is 5.91 Å². The summed E-state index contributed by atoms with van der Waals surface area (Å²) < 4.78 is 5.34. The highest BCUT2D eigenvalue weighted by Crippen LogP contribution is 2.27. The Labute approximate surface area is 157 Å². The summed E-state index contributed by atoms with van der Waals surface area (Å²) in [6.07, 6.45) is 0. The van der Waals surface area contributed by atoms with Crippen LogP contribution in [-0.2, 0) is 9.59 Å². The van der Waals surface area contributed by atoms with E-state index in [0.717, 1.165) is 10.9 Å². The number of fused-ring (bicyclic) bond motifs is 1. The van der Waals surface area contributed by atoms with Crippen molar-refractivity contribution in [1.82, 2.24) is 19.7 Å². The van der Waals surface area contributed by atoms with E-state index in [1.807, 2.05) is 18.2 Å². The van der Waals surface area contributed by atoms with Crippen LogP contribution < -0.4 is 4.74 Å². The Hall–Kier alpha value is -3.03. The lowest BCUT2D eigenvalue weighted by atomic mass is 10.1. The van der Waals surface area contributed by atoms with Gasteiger partial charge < -0.3 is 24.4 Å². The summed E-state index contributed by atoms with van der Waals surface area (Å²) in [5.74, 6) is 0.122. The van der Waals surface area contributed by atoms with E-state index in [2.05, 4.69) is 4.98 Å². The number of aromatic amines is 1. The molecular weight excluding hydrogens is 348 g/mol. The van der Waals surface area contributed by atoms with Crippen molar-refractivity contribution in [3.05, 3.63) is 30.0 Å². The summed E-state index contributed by atoms with van der Waals surface area (Å²) in [5, 5.41) is 0.826. The van der Waals surface area contributed by atoms with Crippen LogP contribution in [0.5, 0.6) is 5.75 Å². The Balaban J connectivity index is 1.87. The summed E-state index contributed by atoms with van der Waals surface area (Å²) in [4.78, 5) is 45.1. The normalized spacial score (nSPS) is 17.1. The Morgan fingerprint density at radius 3 is 2.59 bits per heavy atom. The van der Waals surface area contributed by atoms with Gasteiger partial charge in [-0.2, -0.15) is 0 Å². The van der Waals surface area contributed by atoms with Crippen molar-refractivity contribution < 1.29 is 19.1 Å². The van der Waals surface area contributed by atoms with E-state index in [4.69, 9.17) is 4.74 Å². The van der Waals surface area contributed by atoms with Crippen molar-refractivity contribution >= 4 is 28.6 Å². The number of aromatic nitrogens is 1. The number of methoxy groups -OCH3 is 1. The maximum Gasteiger partial charge on any atom is 0.270 e. The fourth-order valence-electron chi connectivity index (χ4n) is 3.44. The minimum absolute atomic E-state index is 0.169. The van der Waals surface area contributed by atoms with Crippen molar-refractivity contribution in [2.75, 3.05) is 40.8 Å². The number of carbonyl (C=O) groups excluding carboxylic acids is 3. The Kier molecular flexibility index (Phi) is 5.07. The highest BCUT2D eigenvalue weighted by Gasteiger charge is 2.37. The molecule has 0 bridgehead atoms. The molecular formula is C19H24N4O4. The number of piperazine rings is 1. The molecule has 27 heavy (non-hydrogen) atoms. The van der Waals surface area contributed by atoms with Crippen molar-refractivity contribution in [3.63, 3.8) is 0 Å². The summed E-state index contributed by atoms with van der Waals surface area (Å²) in [6, 6.07) is 6.65. The van der Waals surface area contributed by atoms with Gasteiger partial charge in [0, 0.05) is 45.0 Å². The molecule has 1 saturated heterocycles. The largest absolute Gasteiger partial charge is 0.496 e. The number of nitrogens with zero attached hydrogens (tertiary/aromatic N) is 3. The smallest absolute Gasteiger partial charge is 0.270 e. The number of ether oxygens (including phenoxy) is 1. The van der Waals surface area contributed by atoms with Crippen LogP contribution in [0.25, 0.3) is 10.9 Å². The monoisotopic (exact) mass is 372 g/mol. The van der Waals surface area contributed by atoms with E-state index in [1.54, 1.807) is 32.2 Å². The van der Waals surface area contributed by atoms with Gasteiger partial charge in [0.15, 0.2) is 0 Å². The Morgan fingerprint density at radius 2 is 1.96 bits per heavy atom. The van der Waals surface area contributed by atoms with E-state index in [9.17, 15) is 14.4 Å². The molecule has 0 aliphatic carbocycles. The van der Waals surface area contributed by atoms with Gasteiger partial charge in [0.1, 0.15) is 17.5 Å². The molecule has 0 radical (unpaired) electrons. The molecule has 1 aliphatic rings. The molecule has 144 valence electrons. The summed E-state index contributed by atoms with van der Waals surface area (Å²) >= 11 is 0. The lowest BCUT2D eigenvalue weighted by Gasteiger charge is -2.40. The zero-order valence-electron chi connectivity index (χ0n) is 16.0. The molecule has 0 spiro atoms. The third-order valence-electron chi connectivity index (χ3n) is 4.87. The first-order chi connectivity index (χ1) is 12.8. The van der Waals surface area contributed by atoms with Gasteiger partial charge in [0.2, 0.25) is 11.8 Å². The van der Waals surface area contributed by atoms with Gasteiger partial charge in [0.05, 0.1) is 13.7 Å². The molecule has 2 aromatic rings. The summed E-state index contributed by atoms with van der Waals surface area (Å²) in [7, 11) is 4.87. The molecule has 3 rings (SSSR count). The average Bonchev–Trinajstić information content (AvgIpc) is 3.10. The van der Waals surface area contributed by atoms with Crippen LogP contribution in [0.2, 0.25) is 0 Å². The van der Waals surface area contributed by atoms with Crippen LogP contribution in [-0.4, -0.2) is 84.3 Å². The maximum absolute atomic E-state index is 13.0. The molecule has 1 atom stereocenters. The van der Waals surface area contributed by atoms with Gasteiger partial charge in [-0.3, -0.25) is 14.4 Å². The third-order valence-corrected chi connectivity index (χ3v) is 4.87. The lowest BCUT2D eigenvalue weighted by molar-refractivity contribution is -0.146. The fourth-order valence-corrected chi connectivity index (χ4v) is 3.44. The number of likely N-dealkylation sites (N-methyl/N-ethyl adjacent to an activating group) is 1. The molecule has 0 unspecified atom stereocenters. The van der Waals surface area contributed by atoms with Crippen molar-refractivity contribution in [2.45, 2.75) is 13.0 Å². The number of rotatable bonds is 3. The Bertz CT molecular complexity index is 889. The molecule has 1 aromatic carbocycles. The van der Waals surface area contributed by atoms with Crippen molar-refractivity contribution in [1.29, 1.82) is 0 Å². The van der Waals surface area contributed by atoms with Crippen molar-refractivity contribution in [2.24, 2.45) is 0 Å². The van der Waals surface area contributed by atoms with Crippen LogP contribution >= 0.6 is 0 Å². The second kappa shape index (κ2) is 7.30. The highest BCUT2D eigenvalue weighted by atomic mass is 16.5. The fraction of sp³-hybridized carbons (Fsp3) is 0.421. The first-order valence-electron chi connectivity index (χ1n) is 8.77. The number of benzene rings is 1. The van der Waals surface area contributed by atoms with Crippen LogP contribution in [0.3, 0.4) is 0 Å². The minimum atomic E-state index is -0.672. The van der Waals surface area contributed by atoms with Gasteiger partial charge in [-0.25, -0.2) is 0 Å². The average molecular weight is 372 g/mol. The number of hydrogen-bond acceptors (Lipinski definition) is 4. The quantitative estimate of drug-likeness (QED) is 0.869. The van der Waals surface area contributed by atoms with Gasteiger partial charge >= 0.3 is 0 Å². The highest BCUT2D eigenvalue weighted by molar-refractivity contribution is 6.00. The van der Waals surface area contributed by atoms with E-state index in [0.29, 0.717) is 24.5 Å². The molecule has 2 heterocycles. The number of carbonyl (C=O) groups is 3. The summed E-state index contributed by atoms with van der Waals surface area (Å²) in [6.45, 7) is 2.32. The zero-order valence-corrected chi connectivity index (χ0v) is 16.0. The number of amides is 3. The van der Waals surface area contributed by atoms with E-state index < -0.39 is 6.04 Å². The molecule has 1 fully saturated rings. The first kappa shape index (κ1) is 18.8. The number of nitrogens with one attached hydrogen (secondary N) is 1. The van der Waals surface area contributed by atoms with Crippen LogP contribution in [0.1, 0.15) is 17.4 Å². The molecule has 1 N–H and O–H groups in total. The molecule has 1 aliphatic heterocycles. The predicted molar refractivity (Wildman–Crippen MR) is 101 cm³/mol. The first-order valence-corrected chi connectivity index (χ1v) is 8.77. The van der Waals surface area contributed by atoms with E-state index in [1.165, 1.54) is 16.7 Å². The zero-order chi connectivity index (χ0) is 19.7. The van der Waals surface area contributed by atoms with Crippen LogP contribution in [0, 0.1) is 0 Å². The van der Waals surface area contributed by atoms with Crippen LogP contribution in [0.4, 0.5) is 0 Å². The van der Waals surface area contributed by atoms with Gasteiger partial charge in [-0.1, -0.05) is 6.07 Å². The SMILES string of the molecule is COc1cccc2[nH]c(C(=O)N3CCN(C(C)=O)[C@@H](C(=O)N(C)C)C3)cc12.